The predicted octanol–water partition coefficient (Wildman–Crippen LogP) is 2.88. The monoisotopic (exact) mass is 440 g/mol. The average molecular weight is 440 g/mol. The van der Waals surface area contributed by atoms with Gasteiger partial charge in [-0.25, -0.2) is 0 Å². The van der Waals surface area contributed by atoms with Gasteiger partial charge in [-0.2, -0.15) is 11.8 Å². The molecule has 0 spiro atoms. The Hall–Kier alpha value is 0.310. The van der Waals surface area contributed by atoms with Crippen LogP contribution in [0.4, 0.5) is 0 Å². The summed E-state index contributed by atoms with van der Waals surface area (Å²) in [5.74, 6) is 2.29. The van der Waals surface area contributed by atoms with E-state index in [1.807, 2.05) is 0 Å². The molecule has 1 N–H and O–H groups in total. The Morgan fingerprint density at radius 1 is 1.45 bits per heavy atom. The van der Waals surface area contributed by atoms with Crippen LogP contribution in [0.3, 0.4) is 0 Å². The van der Waals surface area contributed by atoms with Crippen LogP contribution < -0.4 is 5.32 Å². The summed E-state index contributed by atoms with van der Waals surface area (Å²) in [6, 6.07) is 1.33. The maximum absolute atomic E-state index is 4.91. The SMILES string of the molecule is CCNC(=NCC(C)N(C)C1CC1)N1CCSC(C)(C)C1.I. The lowest BCUT2D eigenvalue weighted by atomic mass is 10.2. The Morgan fingerprint density at radius 3 is 2.68 bits per heavy atom. The Labute approximate surface area is 157 Å². The number of likely N-dealkylation sites (N-methyl/N-ethyl adjacent to an activating group) is 1. The summed E-state index contributed by atoms with van der Waals surface area (Å²) in [6.07, 6.45) is 2.73. The molecule has 1 unspecified atom stereocenters. The van der Waals surface area contributed by atoms with E-state index in [1.165, 1.54) is 18.6 Å². The zero-order valence-corrected chi connectivity index (χ0v) is 17.9. The smallest absolute Gasteiger partial charge is 0.194 e. The number of nitrogens with one attached hydrogen (secondary N) is 1. The molecule has 130 valence electrons. The number of hydrogen-bond acceptors (Lipinski definition) is 3. The zero-order valence-electron chi connectivity index (χ0n) is 14.8. The number of rotatable bonds is 5. The molecule has 2 fully saturated rings. The van der Waals surface area contributed by atoms with Crippen LogP contribution in [0, 0.1) is 0 Å². The molecular weight excluding hydrogens is 407 g/mol. The number of thioether (sulfide) groups is 1. The van der Waals surface area contributed by atoms with Gasteiger partial charge in [-0.15, -0.1) is 24.0 Å². The highest BCUT2D eigenvalue weighted by atomic mass is 127. The molecule has 2 aliphatic rings. The molecule has 0 aromatic carbocycles. The van der Waals surface area contributed by atoms with Crippen LogP contribution in [0.25, 0.3) is 0 Å². The predicted molar refractivity (Wildman–Crippen MR) is 110 cm³/mol. The number of halogens is 1. The van der Waals surface area contributed by atoms with Crippen LogP contribution in [0.2, 0.25) is 0 Å². The molecule has 0 radical (unpaired) electrons. The summed E-state index contributed by atoms with van der Waals surface area (Å²) in [6.45, 7) is 13.1. The van der Waals surface area contributed by atoms with Gasteiger partial charge in [0, 0.05) is 42.2 Å². The highest BCUT2D eigenvalue weighted by Crippen LogP contribution is 2.29. The molecular formula is C16H33IN4S. The van der Waals surface area contributed by atoms with Crippen molar-refractivity contribution in [2.24, 2.45) is 4.99 Å². The third-order valence-corrected chi connectivity index (χ3v) is 5.68. The van der Waals surface area contributed by atoms with Gasteiger partial charge in [-0.1, -0.05) is 0 Å². The zero-order chi connectivity index (χ0) is 15.5. The fraction of sp³-hybridized carbons (Fsp3) is 0.938. The summed E-state index contributed by atoms with van der Waals surface area (Å²) >= 11 is 2.07. The van der Waals surface area contributed by atoms with Crippen molar-refractivity contribution in [2.75, 3.05) is 39.0 Å². The Balaban J connectivity index is 0.00000242. The van der Waals surface area contributed by atoms with E-state index in [4.69, 9.17) is 4.99 Å². The van der Waals surface area contributed by atoms with Crippen LogP contribution in [-0.4, -0.2) is 71.6 Å². The van der Waals surface area contributed by atoms with Gasteiger partial charge in [0.05, 0.1) is 6.54 Å². The highest BCUT2D eigenvalue weighted by Gasteiger charge is 2.30. The molecule has 4 nitrogen and oxygen atoms in total. The van der Waals surface area contributed by atoms with E-state index in [0.717, 1.165) is 38.2 Å². The first-order valence-corrected chi connectivity index (χ1v) is 9.30. The Kier molecular flexibility index (Phi) is 8.30. The van der Waals surface area contributed by atoms with Crippen LogP contribution in [0.1, 0.15) is 40.5 Å². The van der Waals surface area contributed by atoms with Crippen molar-refractivity contribution in [3.8, 4) is 0 Å². The summed E-state index contributed by atoms with van der Waals surface area (Å²) < 4.78 is 0.324. The van der Waals surface area contributed by atoms with Crippen molar-refractivity contribution in [1.29, 1.82) is 0 Å². The van der Waals surface area contributed by atoms with Crippen molar-refractivity contribution in [1.82, 2.24) is 15.1 Å². The van der Waals surface area contributed by atoms with Gasteiger partial charge in [0.15, 0.2) is 5.96 Å². The lowest BCUT2D eigenvalue weighted by molar-refractivity contribution is 0.252. The Morgan fingerprint density at radius 2 is 2.14 bits per heavy atom. The summed E-state index contributed by atoms with van der Waals surface area (Å²) in [5, 5.41) is 3.48. The molecule has 2 rings (SSSR count). The first-order valence-electron chi connectivity index (χ1n) is 8.32. The fourth-order valence-electron chi connectivity index (χ4n) is 2.81. The van der Waals surface area contributed by atoms with Gasteiger partial charge in [0.25, 0.3) is 0 Å². The number of aliphatic imine (C=N–C) groups is 1. The maximum atomic E-state index is 4.91. The molecule has 0 aromatic heterocycles. The van der Waals surface area contributed by atoms with Crippen LogP contribution in [0.15, 0.2) is 4.99 Å². The van der Waals surface area contributed by atoms with E-state index in [-0.39, 0.29) is 24.0 Å². The minimum atomic E-state index is 0. The van der Waals surface area contributed by atoms with E-state index < -0.39 is 0 Å². The van der Waals surface area contributed by atoms with Crippen LogP contribution >= 0.6 is 35.7 Å². The van der Waals surface area contributed by atoms with E-state index in [9.17, 15) is 0 Å². The summed E-state index contributed by atoms with van der Waals surface area (Å²) in [4.78, 5) is 9.84. The van der Waals surface area contributed by atoms with Gasteiger partial charge in [0.1, 0.15) is 0 Å². The molecule has 0 bridgehead atoms. The fourth-order valence-corrected chi connectivity index (χ4v) is 3.92. The molecule has 1 heterocycles. The van der Waals surface area contributed by atoms with Crippen molar-refractivity contribution in [2.45, 2.75) is 57.4 Å². The molecule has 6 heteroatoms. The van der Waals surface area contributed by atoms with Gasteiger partial charge >= 0.3 is 0 Å². The van der Waals surface area contributed by atoms with Crippen molar-refractivity contribution < 1.29 is 0 Å². The molecule has 22 heavy (non-hydrogen) atoms. The van der Waals surface area contributed by atoms with Gasteiger partial charge in [0.2, 0.25) is 0 Å². The number of nitrogens with zero attached hydrogens (tertiary/aromatic N) is 3. The van der Waals surface area contributed by atoms with Crippen molar-refractivity contribution >= 4 is 41.7 Å². The molecule has 0 aromatic rings. The maximum Gasteiger partial charge on any atom is 0.194 e. The van der Waals surface area contributed by atoms with E-state index in [1.54, 1.807) is 0 Å². The molecule has 1 saturated carbocycles. The van der Waals surface area contributed by atoms with Gasteiger partial charge < -0.3 is 10.2 Å². The lowest BCUT2D eigenvalue weighted by Crippen LogP contribution is -2.51. The van der Waals surface area contributed by atoms with Gasteiger partial charge in [-0.05, 0) is 47.6 Å². The first kappa shape index (κ1) is 20.4. The normalized spacial score (nSPS) is 23.2. The minimum absolute atomic E-state index is 0. The molecule has 1 atom stereocenters. The molecule has 1 saturated heterocycles. The minimum Gasteiger partial charge on any atom is -0.357 e. The van der Waals surface area contributed by atoms with E-state index >= 15 is 0 Å². The topological polar surface area (TPSA) is 30.9 Å². The van der Waals surface area contributed by atoms with Crippen molar-refractivity contribution in [3.05, 3.63) is 0 Å². The highest BCUT2D eigenvalue weighted by molar-refractivity contribution is 14.0. The second kappa shape index (κ2) is 8.97. The third kappa shape index (κ3) is 6.07. The first-order chi connectivity index (χ1) is 9.93. The standard InChI is InChI=1S/C16H32N4S.HI/c1-6-17-15(20-9-10-21-16(3,4)12-20)18-11-13(2)19(5)14-7-8-14;/h13-14H,6-12H2,1-5H3,(H,17,18);1H. The summed E-state index contributed by atoms with van der Waals surface area (Å²) in [7, 11) is 2.24. The number of hydrogen-bond donors (Lipinski definition) is 1. The van der Waals surface area contributed by atoms with Crippen LogP contribution in [0.5, 0.6) is 0 Å². The number of guanidine groups is 1. The summed E-state index contributed by atoms with van der Waals surface area (Å²) in [5.41, 5.74) is 0. The third-order valence-electron chi connectivity index (χ3n) is 4.38. The Bertz CT molecular complexity index is 371. The van der Waals surface area contributed by atoms with E-state index in [0.29, 0.717) is 10.8 Å². The quantitative estimate of drug-likeness (QED) is 0.405. The molecule has 1 aliphatic carbocycles. The molecule has 0 amide bonds. The lowest BCUT2D eigenvalue weighted by Gasteiger charge is -2.39. The van der Waals surface area contributed by atoms with E-state index in [2.05, 4.69) is 61.6 Å². The second-order valence-corrected chi connectivity index (χ2v) is 8.77. The largest absolute Gasteiger partial charge is 0.357 e. The van der Waals surface area contributed by atoms with Crippen LogP contribution in [-0.2, 0) is 0 Å². The van der Waals surface area contributed by atoms with Crippen molar-refractivity contribution in [3.63, 3.8) is 0 Å². The molecule has 1 aliphatic heterocycles. The second-order valence-electron chi connectivity index (χ2n) is 6.97. The van der Waals surface area contributed by atoms with Gasteiger partial charge in [-0.3, -0.25) is 9.89 Å². The average Bonchev–Trinajstić information content (AvgIpc) is 3.25.